The van der Waals surface area contributed by atoms with E-state index in [0.29, 0.717) is 0 Å². The molecule has 176 valence electrons. The third-order valence-corrected chi connectivity index (χ3v) is 6.91. The maximum atomic E-state index is 5.16. The van der Waals surface area contributed by atoms with Gasteiger partial charge >= 0.3 is 0 Å². The van der Waals surface area contributed by atoms with Crippen LogP contribution in [0.2, 0.25) is 0 Å². The number of allylic oxidation sites excluding steroid dienone is 5. The molecule has 0 radical (unpaired) electrons. The van der Waals surface area contributed by atoms with Gasteiger partial charge in [0, 0.05) is 5.56 Å². The molecule has 1 nitrogen and oxygen atoms in total. The summed E-state index contributed by atoms with van der Waals surface area (Å²) in [7, 11) is 0. The molecular weight excluding hydrogens is 446 g/mol. The van der Waals surface area contributed by atoms with E-state index in [4.69, 9.17) is 4.98 Å². The largest absolute Gasteiger partial charge is 0.248 e. The van der Waals surface area contributed by atoms with Gasteiger partial charge in [-0.3, -0.25) is 0 Å². The van der Waals surface area contributed by atoms with Crippen LogP contribution >= 0.6 is 0 Å². The van der Waals surface area contributed by atoms with Crippen LogP contribution in [0.1, 0.15) is 12.6 Å². The highest BCUT2D eigenvalue weighted by atomic mass is 14.7. The molecule has 0 spiro atoms. The summed E-state index contributed by atoms with van der Waals surface area (Å²) in [5.74, 6) is 0. The van der Waals surface area contributed by atoms with Crippen molar-refractivity contribution in [3.63, 3.8) is 0 Å². The molecule has 0 fully saturated rings. The van der Waals surface area contributed by atoms with Crippen LogP contribution in [0.5, 0.6) is 0 Å². The molecule has 1 heterocycles. The lowest BCUT2D eigenvalue weighted by atomic mass is 9.86. The summed E-state index contributed by atoms with van der Waals surface area (Å²) in [6.07, 6.45) is 7.93. The van der Waals surface area contributed by atoms with Crippen LogP contribution < -0.4 is 0 Å². The molecule has 0 amide bonds. The molecule has 0 atom stereocenters. The number of benzene rings is 5. The van der Waals surface area contributed by atoms with Crippen molar-refractivity contribution in [2.24, 2.45) is 0 Å². The molecule has 0 aliphatic heterocycles. The molecule has 1 aromatic heterocycles. The number of hydrogen-bond acceptors (Lipinski definition) is 1. The molecule has 5 aromatic carbocycles. The van der Waals surface area contributed by atoms with E-state index in [1.54, 1.807) is 0 Å². The second-order valence-corrected chi connectivity index (χ2v) is 9.17. The van der Waals surface area contributed by atoms with Crippen LogP contribution in [0.15, 0.2) is 140 Å². The Morgan fingerprint density at radius 3 is 1.92 bits per heavy atom. The summed E-state index contributed by atoms with van der Waals surface area (Å²) < 4.78 is 0. The van der Waals surface area contributed by atoms with Crippen LogP contribution in [0.4, 0.5) is 0 Å². The second kappa shape index (κ2) is 9.72. The SMILES string of the molecule is C=C/C=C(\C=C/C)c1cccc(-c2c3ccccc3c(-c3ccc4ccccc4c3)c3ccccc23)n1. The third-order valence-electron chi connectivity index (χ3n) is 6.91. The fourth-order valence-corrected chi connectivity index (χ4v) is 5.33. The highest BCUT2D eigenvalue weighted by Crippen LogP contribution is 2.43. The molecule has 6 rings (SSSR count). The van der Waals surface area contributed by atoms with Gasteiger partial charge in [0.25, 0.3) is 0 Å². The Morgan fingerprint density at radius 2 is 1.27 bits per heavy atom. The lowest BCUT2D eigenvalue weighted by Gasteiger charge is -2.18. The van der Waals surface area contributed by atoms with E-state index in [1.807, 2.05) is 25.2 Å². The predicted molar refractivity (Wildman–Crippen MR) is 161 cm³/mol. The molecule has 0 saturated carbocycles. The average Bonchev–Trinajstić information content (AvgIpc) is 2.95. The first-order chi connectivity index (χ1) is 18.3. The third kappa shape index (κ3) is 4.05. The maximum Gasteiger partial charge on any atom is 0.0722 e. The van der Waals surface area contributed by atoms with Crippen molar-refractivity contribution in [2.45, 2.75) is 6.92 Å². The lowest BCUT2D eigenvalue weighted by Crippen LogP contribution is -1.94. The zero-order valence-corrected chi connectivity index (χ0v) is 20.9. The highest BCUT2D eigenvalue weighted by Gasteiger charge is 2.17. The van der Waals surface area contributed by atoms with Gasteiger partial charge in [-0.2, -0.15) is 0 Å². The van der Waals surface area contributed by atoms with Gasteiger partial charge in [-0.05, 0) is 74.1 Å². The topological polar surface area (TPSA) is 12.9 Å². The van der Waals surface area contributed by atoms with Crippen LogP contribution in [0.25, 0.3) is 60.3 Å². The van der Waals surface area contributed by atoms with Gasteiger partial charge in [0.15, 0.2) is 0 Å². The van der Waals surface area contributed by atoms with E-state index >= 15 is 0 Å². The quantitative estimate of drug-likeness (QED) is 0.179. The summed E-state index contributed by atoms with van der Waals surface area (Å²) in [5, 5.41) is 7.37. The van der Waals surface area contributed by atoms with Gasteiger partial charge in [0.1, 0.15) is 0 Å². The molecule has 0 N–H and O–H groups in total. The summed E-state index contributed by atoms with van der Waals surface area (Å²) in [6.45, 7) is 5.91. The molecule has 1 heteroatoms. The monoisotopic (exact) mass is 473 g/mol. The van der Waals surface area contributed by atoms with Crippen molar-refractivity contribution in [3.05, 3.63) is 146 Å². The first kappa shape index (κ1) is 22.7. The minimum atomic E-state index is 0.933. The zero-order valence-electron chi connectivity index (χ0n) is 20.9. The molecule has 0 bridgehead atoms. The Hall–Kier alpha value is -4.75. The second-order valence-electron chi connectivity index (χ2n) is 9.17. The number of fused-ring (bicyclic) bond motifs is 3. The van der Waals surface area contributed by atoms with Crippen molar-refractivity contribution in [2.75, 3.05) is 0 Å². The number of aromatic nitrogens is 1. The molecule has 0 saturated heterocycles. The first-order valence-corrected chi connectivity index (χ1v) is 12.6. The molecule has 0 unspecified atom stereocenters. The van der Waals surface area contributed by atoms with Gasteiger partial charge in [-0.25, -0.2) is 4.98 Å². The van der Waals surface area contributed by atoms with E-state index in [0.717, 1.165) is 22.5 Å². The van der Waals surface area contributed by atoms with Crippen LogP contribution in [0, 0.1) is 0 Å². The van der Waals surface area contributed by atoms with Gasteiger partial charge in [0.05, 0.1) is 11.4 Å². The van der Waals surface area contributed by atoms with Crippen molar-refractivity contribution in [1.29, 1.82) is 0 Å². The van der Waals surface area contributed by atoms with E-state index in [2.05, 4.69) is 122 Å². The summed E-state index contributed by atoms with van der Waals surface area (Å²) in [4.78, 5) is 5.16. The van der Waals surface area contributed by atoms with Gasteiger partial charge in [-0.15, -0.1) is 0 Å². The Kier molecular flexibility index (Phi) is 5.96. The average molecular weight is 474 g/mol. The number of pyridine rings is 1. The number of hydrogen-bond donors (Lipinski definition) is 0. The minimum Gasteiger partial charge on any atom is -0.248 e. The molecule has 0 aliphatic rings. The summed E-state index contributed by atoms with van der Waals surface area (Å²) >= 11 is 0. The Morgan fingerprint density at radius 1 is 0.649 bits per heavy atom. The Bertz CT molecular complexity index is 1800. The van der Waals surface area contributed by atoms with E-state index in [9.17, 15) is 0 Å². The molecular formula is C36H27N. The Balaban J connectivity index is 1.68. The zero-order chi connectivity index (χ0) is 25.2. The van der Waals surface area contributed by atoms with Gasteiger partial charge in [-0.1, -0.05) is 122 Å². The molecule has 6 aromatic rings. The number of nitrogens with zero attached hydrogens (tertiary/aromatic N) is 1. The smallest absolute Gasteiger partial charge is 0.0722 e. The van der Waals surface area contributed by atoms with Crippen LogP contribution in [-0.2, 0) is 0 Å². The van der Waals surface area contributed by atoms with Crippen molar-refractivity contribution in [1.82, 2.24) is 4.98 Å². The number of rotatable bonds is 5. The van der Waals surface area contributed by atoms with E-state index in [-0.39, 0.29) is 0 Å². The standard InChI is InChI=1S/C36H27N/c1-3-12-26(13-4-2)33-20-11-21-34(37-33)36-31-18-9-7-16-29(31)35(30-17-8-10-19-32(30)36)28-23-22-25-14-5-6-15-27(25)24-28/h3-24H,1H2,2H3/b13-4-,26-12+. The van der Waals surface area contributed by atoms with E-state index in [1.165, 1.54) is 43.4 Å². The predicted octanol–water partition coefficient (Wildman–Crippen LogP) is 10.0. The first-order valence-electron chi connectivity index (χ1n) is 12.6. The van der Waals surface area contributed by atoms with Gasteiger partial charge < -0.3 is 0 Å². The van der Waals surface area contributed by atoms with Crippen molar-refractivity contribution >= 4 is 37.9 Å². The fraction of sp³-hybridized carbons (Fsp3) is 0.0278. The lowest BCUT2D eigenvalue weighted by molar-refractivity contribution is 1.29. The molecule has 0 aliphatic carbocycles. The molecule has 37 heavy (non-hydrogen) atoms. The van der Waals surface area contributed by atoms with E-state index < -0.39 is 0 Å². The van der Waals surface area contributed by atoms with Crippen molar-refractivity contribution < 1.29 is 0 Å². The maximum absolute atomic E-state index is 5.16. The van der Waals surface area contributed by atoms with Crippen molar-refractivity contribution in [3.8, 4) is 22.4 Å². The summed E-state index contributed by atoms with van der Waals surface area (Å²) in [5.41, 5.74) is 6.59. The van der Waals surface area contributed by atoms with Crippen LogP contribution in [0.3, 0.4) is 0 Å². The summed E-state index contributed by atoms with van der Waals surface area (Å²) in [6, 6.07) is 39.0. The fourth-order valence-electron chi connectivity index (χ4n) is 5.33. The highest BCUT2D eigenvalue weighted by molar-refractivity contribution is 6.21. The normalized spacial score (nSPS) is 12.1. The minimum absolute atomic E-state index is 0.933. The Labute approximate surface area is 217 Å². The van der Waals surface area contributed by atoms with Gasteiger partial charge in [0.2, 0.25) is 0 Å². The van der Waals surface area contributed by atoms with Crippen LogP contribution in [-0.4, -0.2) is 4.98 Å².